The van der Waals surface area contributed by atoms with Gasteiger partial charge in [-0.25, -0.2) is 0 Å². The van der Waals surface area contributed by atoms with Crippen molar-refractivity contribution in [2.75, 3.05) is 0 Å². The van der Waals surface area contributed by atoms with Crippen LogP contribution in [-0.4, -0.2) is 0 Å². The van der Waals surface area contributed by atoms with E-state index in [1.54, 1.807) is 0 Å². The molecule has 1 aliphatic rings. The standard InChI is InChI=1S/C51H36/c1-51(2)47-24-10-9-16-41(47)46-23-12-22-40(50(46)51)35-27-31-37(32-28-35)49-44-19-7-5-17-42(44)48(43-18-6-8-20-45(43)49)36-29-25-34(26-30-36)39-21-11-14-33-13-3-4-15-38(33)39/h3-32H,1-2H3. The Hall–Kier alpha value is -6.24. The number of rotatable bonds is 4. The van der Waals surface area contributed by atoms with Crippen LogP contribution in [0.15, 0.2) is 182 Å². The molecule has 0 nitrogen and oxygen atoms in total. The predicted molar refractivity (Wildman–Crippen MR) is 218 cm³/mol. The van der Waals surface area contributed by atoms with Crippen molar-refractivity contribution in [2.45, 2.75) is 19.3 Å². The molecule has 0 aliphatic heterocycles. The first-order valence-corrected chi connectivity index (χ1v) is 17.9. The molecule has 0 bridgehead atoms. The summed E-state index contributed by atoms with van der Waals surface area (Å²) in [5.74, 6) is 0. The van der Waals surface area contributed by atoms with E-state index in [1.165, 1.54) is 99.1 Å². The Morgan fingerprint density at radius 2 is 0.686 bits per heavy atom. The van der Waals surface area contributed by atoms with Crippen LogP contribution in [0.3, 0.4) is 0 Å². The van der Waals surface area contributed by atoms with Gasteiger partial charge in [0.2, 0.25) is 0 Å². The molecular weight excluding hydrogens is 613 g/mol. The third kappa shape index (κ3) is 4.53. The zero-order valence-electron chi connectivity index (χ0n) is 28.8. The van der Waals surface area contributed by atoms with E-state index in [1.807, 2.05) is 0 Å². The Morgan fingerprint density at radius 3 is 1.29 bits per heavy atom. The molecule has 10 rings (SSSR count). The van der Waals surface area contributed by atoms with Gasteiger partial charge in [-0.3, -0.25) is 0 Å². The Morgan fingerprint density at radius 1 is 0.294 bits per heavy atom. The summed E-state index contributed by atoms with van der Waals surface area (Å²) in [5.41, 5.74) is 15.6. The van der Waals surface area contributed by atoms with Crippen molar-refractivity contribution in [3.8, 4) is 55.6 Å². The van der Waals surface area contributed by atoms with E-state index in [2.05, 4.69) is 196 Å². The lowest BCUT2D eigenvalue weighted by Gasteiger charge is -2.24. The summed E-state index contributed by atoms with van der Waals surface area (Å²) < 4.78 is 0. The van der Waals surface area contributed by atoms with Gasteiger partial charge in [0, 0.05) is 5.41 Å². The maximum atomic E-state index is 2.37. The molecule has 0 N–H and O–H groups in total. The third-order valence-corrected chi connectivity index (χ3v) is 11.3. The highest BCUT2D eigenvalue weighted by molar-refractivity contribution is 6.21. The minimum atomic E-state index is -0.0590. The Bertz CT molecular complexity index is 2730. The summed E-state index contributed by atoms with van der Waals surface area (Å²) in [6.45, 7) is 4.74. The smallest absolute Gasteiger partial charge is 0.0165 e. The molecule has 51 heavy (non-hydrogen) atoms. The van der Waals surface area contributed by atoms with Gasteiger partial charge in [-0.2, -0.15) is 0 Å². The Kier molecular flexibility index (Phi) is 6.63. The van der Waals surface area contributed by atoms with Crippen molar-refractivity contribution in [3.05, 3.63) is 193 Å². The van der Waals surface area contributed by atoms with Crippen LogP contribution in [0.5, 0.6) is 0 Å². The summed E-state index contributed by atoms with van der Waals surface area (Å²) in [7, 11) is 0. The minimum Gasteiger partial charge on any atom is -0.0619 e. The first-order chi connectivity index (χ1) is 25.1. The summed E-state index contributed by atoms with van der Waals surface area (Å²) in [5, 5.41) is 7.64. The molecular formula is C51H36. The predicted octanol–water partition coefficient (Wildman–Crippen LogP) is 14.1. The van der Waals surface area contributed by atoms with Crippen molar-refractivity contribution < 1.29 is 0 Å². The topological polar surface area (TPSA) is 0 Å². The SMILES string of the molecule is CC1(C)c2ccccc2-c2cccc(-c3ccc(-c4c5ccccc5c(-c5ccc(-c6cccc7ccccc67)cc5)c5ccccc45)cc3)c21. The van der Waals surface area contributed by atoms with Gasteiger partial charge >= 0.3 is 0 Å². The fourth-order valence-corrected chi connectivity index (χ4v) is 8.95. The number of benzene rings is 9. The quantitative estimate of drug-likeness (QED) is 0.167. The van der Waals surface area contributed by atoms with E-state index in [-0.39, 0.29) is 5.41 Å². The van der Waals surface area contributed by atoms with E-state index in [0.29, 0.717) is 0 Å². The zero-order chi connectivity index (χ0) is 34.1. The average molecular weight is 649 g/mol. The first kappa shape index (κ1) is 29.7. The minimum absolute atomic E-state index is 0.0590. The summed E-state index contributed by atoms with van der Waals surface area (Å²) >= 11 is 0. The number of hydrogen-bond donors (Lipinski definition) is 0. The van der Waals surface area contributed by atoms with Gasteiger partial charge in [-0.15, -0.1) is 0 Å². The van der Waals surface area contributed by atoms with E-state index >= 15 is 0 Å². The first-order valence-electron chi connectivity index (χ1n) is 17.9. The Balaban J connectivity index is 1.10. The highest BCUT2D eigenvalue weighted by Gasteiger charge is 2.37. The summed E-state index contributed by atoms with van der Waals surface area (Å²) in [6, 6.07) is 67.3. The van der Waals surface area contributed by atoms with Gasteiger partial charge in [0.15, 0.2) is 0 Å². The van der Waals surface area contributed by atoms with Crippen molar-refractivity contribution in [1.29, 1.82) is 0 Å². The molecule has 0 spiro atoms. The van der Waals surface area contributed by atoms with E-state index < -0.39 is 0 Å². The lowest BCUT2D eigenvalue weighted by molar-refractivity contribution is 0.662. The van der Waals surface area contributed by atoms with Gasteiger partial charge < -0.3 is 0 Å². The lowest BCUT2D eigenvalue weighted by atomic mass is 9.78. The number of fused-ring (bicyclic) bond motifs is 6. The second kappa shape index (κ2) is 11.4. The summed E-state index contributed by atoms with van der Waals surface area (Å²) in [4.78, 5) is 0. The lowest BCUT2D eigenvalue weighted by Crippen LogP contribution is -2.16. The van der Waals surface area contributed by atoms with Gasteiger partial charge in [0.25, 0.3) is 0 Å². The third-order valence-electron chi connectivity index (χ3n) is 11.3. The molecule has 0 aromatic heterocycles. The second-order valence-corrected chi connectivity index (χ2v) is 14.4. The fraction of sp³-hybridized carbons (Fsp3) is 0.0588. The van der Waals surface area contributed by atoms with Gasteiger partial charge in [-0.1, -0.05) is 196 Å². The molecule has 1 aliphatic carbocycles. The van der Waals surface area contributed by atoms with E-state index in [0.717, 1.165) is 0 Å². The monoisotopic (exact) mass is 648 g/mol. The fourth-order valence-electron chi connectivity index (χ4n) is 8.95. The van der Waals surface area contributed by atoms with Crippen molar-refractivity contribution in [3.63, 3.8) is 0 Å². The molecule has 0 radical (unpaired) electrons. The maximum absolute atomic E-state index is 2.37. The Labute approximate surface area is 299 Å². The highest BCUT2D eigenvalue weighted by Crippen LogP contribution is 2.52. The largest absolute Gasteiger partial charge is 0.0619 e. The molecule has 240 valence electrons. The summed E-state index contributed by atoms with van der Waals surface area (Å²) in [6.07, 6.45) is 0. The molecule has 9 aromatic carbocycles. The van der Waals surface area contributed by atoms with Crippen LogP contribution in [0, 0.1) is 0 Å². The molecule has 9 aromatic rings. The zero-order valence-corrected chi connectivity index (χ0v) is 28.8. The average Bonchev–Trinajstić information content (AvgIpc) is 3.43. The van der Waals surface area contributed by atoms with Crippen LogP contribution in [0.1, 0.15) is 25.0 Å². The van der Waals surface area contributed by atoms with Crippen LogP contribution in [0.4, 0.5) is 0 Å². The van der Waals surface area contributed by atoms with Gasteiger partial charge in [0.05, 0.1) is 0 Å². The molecule has 0 heteroatoms. The van der Waals surface area contributed by atoms with Crippen LogP contribution < -0.4 is 0 Å². The van der Waals surface area contributed by atoms with Crippen molar-refractivity contribution in [1.82, 2.24) is 0 Å². The normalized spacial score (nSPS) is 13.1. The van der Waals surface area contributed by atoms with E-state index in [4.69, 9.17) is 0 Å². The van der Waals surface area contributed by atoms with E-state index in [9.17, 15) is 0 Å². The molecule has 0 saturated carbocycles. The molecule has 0 atom stereocenters. The highest BCUT2D eigenvalue weighted by atomic mass is 14.4. The molecule has 0 saturated heterocycles. The van der Waals surface area contributed by atoms with Crippen molar-refractivity contribution in [2.24, 2.45) is 0 Å². The van der Waals surface area contributed by atoms with Crippen LogP contribution in [-0.2, 0) is 5.41 Å². The molecule has 0 fully saturated rings. The van der Waals surface area contributed by atoms with Crippen LogP contribution >= 0.6 is 0 Å². The van der Waals surface area contributed by atoms with Crippen LogP contribution in [0.25, 0.3) is 88.0 Å². The van der Waals surface area contributed by atoms with Gasteiger partial charge in [0.1, 0.15) is 0 Å². The van der Waals surface area contributed by atoms with Crippen LogP contribution in [0.2, 0.25) is 0 Å². The molecule has 0 amide bonds. The van der Waals surface area contributed by atoms with Crippen molar-refractivity contribution >= 4 is 32.3 Å². The molecule has 0 heterocycles. The molecule has 0 unspecified atom stereocenters. The number of hydrogen-bond acceptors (Lipinski definition) is 0. The maximum Gasteiger partial charge on any atom is 0.0165 e. The van der Waals surface area contributed by atoms with Gasteiger partial charge in [-0.05, 0) is 99.1 Å². The second-order valence-electron chi connectivity index (χ2n) is 14.4.